The van der Waals surface area contributed by atoms with Gasteiger partial charge in [0.1, 0.15) is 0 Å². The Morgan fingerprint density at radius 3 is 3.00 bits per heavy atom. The SMILES string of the molecule is CC[C@]1(CO)CCCN(c2ccnc(C)c2)C1. The second-order valence-corrected chi connectivity index (χ2v) is 5.19. The summed E-state index contributed by atoms with van der Waals surface area (Å²) in [4.78, 5) is 6.62. The van der Waals surface area contributed by atoms with Crippen LogP contribution in [0.5, 0.6) is 0 Å². The highest BCUT2D eigenvalue weighted by Crippen LogP contribution is 2.34. The minimum atomic E-state index is 0.0927. The van der Waals surface area contributed by atoms with Gasteiger partial charge in [0.25, 0.3) is 0 Å². The number of aryl methyl sites for hydroxylation is 1. The number of hydrogen-bond donors (Lipinski definition) is 1. The first kappa shape index (κ1) is 12.4. The van der Waals surface area contributed by atoms with Gasteiger partial charge in [-0.25, -0.2) is 0 Å². The van der Waals surface area contributed by atoms with E-state index >= 15 is 0 Å². The number of piperidine rings is 1. The van der Waals surface area contributed by atoms with Crippen LogP contribution in [0.25, 0.3) is 0 Å². The molecule has 3 heteroatoms. The maximum absolute atomic E-state index is 9.62. The van der Waals surface area contributed by atoms with Gasteiger partial charge in [-0.15, -0.1) is 0 Å². The Kier molecular flexibility index (Phi) is 3.67. The van der Waals surface area contributed by atoms with Crippen molar-refractivity contribution in [3.05, 3.63) is 24.0 Å². The molecule has 2 rings (SSSR count). The maximum Gasteiger partial charge on any atom is 0.0504 e. The Labute approximate surface area is 103 Å². The molecule has 1 aromatic rings. The summed E-state index contributed by atoms with van der Waals surface area (Å²) in [6.45, 7) is 6.54. The van der Waals surface area contributed by atoms with Crippen molar-refractivity contribution in [2.75, 3.05) is 24.6 Å². The van der Waals surface area contributed by atoms with Gasteiger partial charge in [0.2, 0.25) is 0 Å². The zero-order valence-electron chi connectivity index (χ0n) is 10.8. The van der Waals surface area contributed by atoms with Gasteiger partial charge < -0.3 is 10.0 Å². The van der Waals surface area contributed by atoms with Gasteiger partial charge in [-0.3, -0.25) is 4.98 Å². The second kappa shape index (κ2) is 5.05. The van der Waals surface area contributed by atoms with Crippen LogP contribution in [0.3, 0.4) is 0 Å². The number of aromatic nitrogens is 1. The van der Waals surface area contributed by atoms with Gasteiger partial charge in [0.05, 0.1) is 6.61 Å². The Balaban J connectivity index is 2.17. The molecule has 0 aromatic carbocycles. The number of anilines is 1. The van der Waals surface area contributed by atoms with Gasteiger partial charge in [-0.1, -0.05) is 6.92 Å². The third kappa shape index (κ3) is 2.60. The van der Waals surface area contributed by atoms with E-state index in [0.29, 0.717) is 6.61 Å². The Morgan fingerprint density at radius 2 is 2.35 bits per heavy atom. The van der Waals surface area contributed by atoms with Gasteiger partial charge in [0.15, 0.2) is 0 Å². The molecule has 94 valence electrons. The highest BCUT2D eigenvalue weighted by Gasteiger charge is 2.33. The number of aliphatic hydroxyl groups is 1. The van der Waals surface area contributed by atoms with E-state index in [1.54, 1.807) is 0 Å². The molecule has 0 spiro atoms. The molecule has 0 bridgehead atoms. The molecule has 1 atom stereocenters. The predicted molar refractivity (Wildman–Crippen MR) is 70.2 cm³/mol. The highest BCUT2D eigenvalue weighted by molar-refractivity contribution is 5.47. The molecule has 1 fully saturated rings. The highest BCUT2D eigenvalue weighted by atomic mass is 16.3. The first-order chi connectivity index (χ1) is 8.19. The van der Waals surface area contributed by atoms with Crippen LogP contribution in [-0.4, -0.2) is 29.8 Å². The van der Waals surface area contributed by atoms with Crippen LogP contribution in [0.2, 0.25) is 0 Å². The Bertz CT molecular complexity index is 374. The van der Waals surface area contributed by atoms with Crippen molar-refractivity contribution in [1.82, 2.24) is 4.98 Å². The molecule has 0 amide bonds. The van der Waals surface area contributed by atoms with Crippen molar-refractivity contribution in [3.8, 4) is 0 Å². The van der Waals surface area contributed by atoms with Crippen molar-refractivity contribution in [2.24, 2.45) is 5.41 Å². The average molecular weight is 234 g/mol. The molecule has 1 aliphatic heterocycles. The molecule has 1 saturated heterocycles. The maximum atomic E-state index is 9.62. The topological polar surface area (TPSA) is 36.4 Å². The van der Waals surface area contributed by atoms with E-state index in [9.17, 15) is 5.11 Å². The normalized spacial score (nSPS) is 25.0. The molecular formula is C14H22N2O. The van der Waals surface area contributed by atoms with Gasteiger partial charge in [-0.05, 0) is 38.3 Å². The fourth-order valence-electron chi connectivity index (χ4n) is 2.69. The summed E-state index contributed by atoms with van der Waals surface area (Å²) in [6, 6.07) is 4.19. The molecule has 2 heterocycles. The van der Waals surface area contributed by atoms with Crippen LogP contribution in [0.4, 0.5) is 5.69 Å². The summed E-state index contributed by atoms with van der Waals surface area (Å²) >= 11 is 0. The molecule has 0 unspecified atom stereocenters. The predicted octanol–water partition coefficient (Wildman–Crippen LogP) is 2.38. The summed E-state index contributed by atoms with van der Waals surface area (Å²) in [5.41, 5.74) is 2.39. The summed E-state index contributed by atoms with van der Waals surface area (Å²) in [7, 11) is 0. The van der Waals surface area contributed by atoms with E-state index in [4.69, 9.17) is 0 Å². The summed E-state index contributed by atoms with van der Waals surface area (Å²) in [5.74, 6) is 0. The number of nitrogens with zero attached hydrogens (tertiary/aromatic N) is 2. The van der Waals surface area contributed by atoms with Crippen LogP contribution in [0.15, 0.2) is 18.3 Å². The smallest absolute Gasteiger partial charge is 0.0504 e. The molecular weight excluding hydrogens is 212 g/mol. The lowest BCUT2D eigenvalue weighted by Crippen LogP contribution is -2.45. The van der Waals surface area contributed by atoms with E-state index in [1.807, 2.05) is 13.1 Å². The molecule has 0 saturated carbocycles. The molecule has 1 N–H and O–H groups in total. The quantitative estimate of drug-likeness (QED) is 0.872. The fraction of sp³-hybridized carbons (Fsp3) is 0.643. The summed E-state index contributed by atoms with van der Waals surface area (Å²) < 4.78 is 0. The number of hydrogen-bond acceptors (Lipinski definition) is 3. The minimum Gasteiger partial charge on any atom is -0.396 e. The second-order valence-electron chi connectivity index (χ2n) is 5.19. The van der Waals surface area contributed by atoms with Crippen molar-refractivity contribution in [2.45, 2.75) is 33.1 Å². The Hall–Kier alpha value is -1.09. The van der Waals surface area contributed by atoms with Crippen LogP contribution in [0, 0.1) is 12.3 Å². The number of rotatable bonds is 3. The van der Waals surface area contributed by atoms with Crippen LogP contribution < -0.4 is 4.90 Å². The largest absolute Gasteiger partial charge is 0.396 e. The lowest BCUT2D eigenvalue weighted by molar-refractivity contribution is 0.101. The summed E-state index contributed by atoms with van der Waals surface area (Å²) in [5, 5.41) is 9.62. The first-order valence-electron chi connectivity index (χ1n) is 6.47. The van der Waals surface area contributed by atoms with Crippen molar-refractivity contribution in [3.63, 3.8) is 0 Å². The third-order valence-electron chi connectivity index (χ3n) is 3.99. The molecule has 3 nitrogen and oxygen atoms in total. The zero-order chi connectivity index (χ0) is 12.3. The van der Waals surface area contributed by atoms with Crippen LogP contribution in [0.1, 0.15) is 31.9 Å². The van der Waals surface area contributed by atoms with Gasteiger partial charge in [0, 0.05) is 36.1 Å². The molecule has 0 aliphatic carbocycles. The number of pyridine rings is 1. The molecule has 17 heavy (non-hydrogen) atoms. The standard InChI is InChI=1S/C14H22N2O/c1-3-14(11-17)6-4-8-16(10-14)13-5-7-15-12(2)9-13/h5,7,9,17H,3-4,6,8,10-11H2,1-2H3/t14-/m0/s1. The molecule has 1 aliphatic rings. The monoisotopic (exact) mass is 234 g/mol. The first-order valence-corrected chi connectivity index (χ1v) is 6.47. The van der Waals surface area contributed by atoms with E-state index in [1.165, 1.54) is 5.69 Å². The lowest BCUT2D eigenvalue weighted by Gasteiger charge is -2.42. The zero-order valence-corrected chi connectivity index (χ0v) is 10.8. The average Bonchev–Trinajstić information content (AvgIpc) is 2.39. The molecule has 1 aromatic heterocycles. The van der Waals surface area contributed by atoms with Crippen LogP contribution in [-0.2, 0) is 0 Å². The van der Waals surface area contributed by atoms with Crippen molar-refractivity contribution in [1.29, 1.82) is 0 Å². The van der Waals surface area contributed by atoms with Gasteiger partial charge in [-0.2, -0.15) is 0 Å². The Morgan fingerprint density at radius 1 is 1.53 bits per heavy atom. The van der Waals surface area contributed by atoms with E-state index < -0.39 is 0 Å². The van der Waals surface area contributed by atoms with E-state index in [-0.39, 0.29) is 5.41 Å². The third-order valence-corrected chi connectivity index (χ3v) is 3.99. The van der Waals surface area contributed by atoms with E-state index in [0.717, 1.165) is 38.0 Å². The van der Waals surface area contributed by atoms with Crippen molar-refractivity contribution >= 4 is 5.69 Å². The lowest BCUT2D eigenvalue weighted by atomic mass is 9.78. The van der Waals surface area contributed by atoms with Gasteiger partial charge >= 0.3 is 0 Å². The van der Waals surface area contributed by atoms with E-state index in [2.05, 4.69) is 28.9 Å². The minimum absolute atomic E-state index is 0.0927. The fourth-order valence-corrected chi connectivity index (χ4v) is 2.69. The van der Waals surface area contributed by atoms with Crippen molar-refractivity contribution < 1.29 is 5.11 Å². The molecule has 0 radical (unpaired) electrons. The number of aliphatic hydroxyl groups excluding tert-OH is 1. The summed E-state index contributed by atoms with van der Waals surface area (Å²) in [6.07, 6.45) is 5.21. The van der Waals surface area contributed by atoms with Crippen LogP contribution >= 0.6 is 0 Å².